The molecule has 116 valence electrons. The largest absolute Gasteiger partial charge is 0.260 e. The van der Waals surface area contributed by atoms with Crippen LogP contribution in [0.5, 0.6) is 0 Å². The highest BCUT2D eigenvalue weighted by Gasteiger charge is 2.36. The number of benzene rings is 1. The van der Waals surface area contributed by atoms with Crippen molar-refractivity contribution in [3.8, 4) is 0 Å². The fourth-order valence-electron chi connectivity index (χ4n) is 2.87. The minimum absolute atomic E-state index is 0.0630. The Morgan fingerprint density at radius 2 is 1.95 bits per heavy atom. The van der Waals surface area contributed by atoms with Gasteiger partial charge in [0.1, 0.15) is 0 Å². The summed E-state index contributed by atoms with van der Waals surface area (Å²) in [5, 5.41) is 0.797. The molecule has 0 bridgehead atoms. The van der Waals surface area contributed by atoms with E-state index in [1.54, 1.807) is 22.5 Å². The van der Waals surface area contributed by atoms with Crippen LogP contribution in [0.1, 0.15) is 18.4 Å². The molecule has 1 aromatic carbocycles. The molecule has 0 N–H and O–H groups in total. The molecule has 6 heteroatoms. The highest BCUT2D eigenvalue weighted by molar-refractivity contribution is 7.89. The minimum atomic E-state index is -3.54. The zero-order valence-corrected chi connectivity index (χ0v) is 13.6. The third-order valence-corrected chi connectivity index (χ3v) is 6.18. The van der Waals surface area contributed by atoms with Crippen molar-refractivity contribution in [1.82, 2.24) is 9.29 Å². The average Bonchev–Trinajstić information content (AvgIpc) is 2.99. The first-order chi connectivity index (χ1) is 10.6. The summed E-state index contributed by atoms with van der Waals surface area (Å²) in [5.74, 6) is 0. The van der Waals surface area contributed by atoms with Crippen LogP contribution in [-0.2, 0) is 16.4 Å². The number of hydrogen-bond donors (Lipinski definition) is 0. The third-order valence-electron chi connectivity index (χ3n) is 3.95. The van der Waals surface area contributed by atoms with Gasteiger partial charge in [0.05, 0.1) is 0 Å². The van der Waals surface area contributed by atoms with Gasteiger partial charge in [0.2, 0.25) is 0 Å². The van der Waals surface area contributed by atoms with E-state index in [1.807, 2.05) is 24.3 Å². The molecule has 2 heterocycles. The van der Waals surface area contributed by atoms with Crippen molar-refractivity contribution in [2.75, 3.05) is 6.54 Å². The van der Waals surface area contributed by atoms with Gasteiger partial charge < -0.3 is 0 Å². The summed E-state index contributed by atoms with van der Waals surface area (Å²) in [7, 11) is -3.54. The van der Waals surface area contributed by atoms with Crippen molar-refractivity contribution in [2.24, 2.45) is 0 Å². The van der Waals surface area contributed by atoms with Crippen LogP contribution in [0.2, 0.25) is 5.02 Å². The summed E-state index contributed by atoms with van der Waals surface area (Å²) in [5.41, 5.74) is 0.984. The molecule has 1 fully saturated rings. The first-order valence-electron chi connectivity index (χ1n) is 7.25. The molecule has 22 heavy (non-hydrogen) atoms. The van der Waals surface area contributed by atoms with Crippen molar-refractivity contribution >= 4 is 21.6 Å². The van der Waals surface area contributed by atoms with Gasteiger partial charge in [0.25, 0.3) is 10.0 Å². The summed E-state index contributed by atoms with van der Waals surface area (Å²) in [6.45, 7) is 0.536. The molecule has 4 nitrogen and oxygen atoms in total. The number of sulfonamides is 1. The lowest BCUT2D eigenvalue weighted by molar-refractivity contribution is 0.384. The molecule has 3 rings (SSSR count). The second kappa shape index (κ2) is 6.36. The van der Waals surface area contributed by atoms with Gasteiger partial charge in [0.15, 0.2) is 5.03 Å². The quantitative estimate of drug-likeness (QED) is 0.862. The van der Waals surface area contributed by atoms with Crippen molar-refractivity contribution in [3.05, 3.63) is 59.2 Å². The summed E-state index contributed by atoms with van der Waals surface area (Å²) < 4.78 is 27.1. The van der Waals surface area contributed by atoms with Gasteiger partial charge in [-0.3, -0.25) is 0 Å². The molecule has 0 saturated carbocycles. The van der Waals surface area contributed by atoms with Gasteiger partial charge in [0, 0.05) is 23.8 Å². The Balaban J connectivity index is 1.86. The van der Waals surface area contributed by atoms with E-state index in [0.29, 0.717) is 18.0 Å². The lowest BCUT2D eigenvalue weighted by Crippen LogP contribution is -2.37. The predicted octanol–water partition coefficient (Wildman–Crippen LogP) is 3.13. The molecule has 1 saturated heterocycles. The van der Waals surface area contributed by atoms with Crippen LogP contribution in [0.15, 0.2) is 53.7 Å². The topological polar surface area (TPSA) is 50.3 Å². The molecule has 1 aliphatic heterocycles. The fourth-order valence-corrected chi connectivity index (χ4v) is 4.71. The number of halogens is 1. The standard InChI is InChI=1S/C16H17ClN2O2S/c17-15-8-2-1-6-13(15)12-14-7-5-11-19(14)22(20,21)16-9-3-4-10-18-16/h1-4,6,8-10,14H,5,7,11-12H2. The molecule has 1 aromatic heterocycles. The van der Waals surface area contributed by atoms with E-state index in [9.17, 15) is 8.42 Å². The molecule has 0 spiro atoms. The Hall–Kier alpha value is -1.43. The first kappa shape index (κ1) is 15.5. The van der Waals surface area contributed by atoms with E-state index in [-0.39, 0.29) is 11.1 Å². The van der Waals surface area contributed by atoms with Crippen LogP contribution in [0.3, 0.4) is 0 Å². The van der Waals surface area contributed by atoms with Gasteiger partial charge in [-0.1, -0.05) is 35.9 Å². The maximum Gasteiger partial charge on any atom is 0.260 e. The van der Waals surface area contributed by atoms with Crippen LogP contribution >= 0.6 is 11.6 Å². The van der Waals surface area contributed by atoms with Crippen LogP contribution in [-0.4, -0.2) is 30.3 Å². The molecule has 0 radical (unpaired) electrons. The smallest absolute Gasteiger partial charge is 0.243 e. The third kappa shape index (κ3) is 3.02. The second-order valence-corrected chi connectivity index (χ2v) is 7.62. The molecule has 1 unspecified atom stereocenters. The summed E-state index contributed by atoms with van der Waals surface area (Å²) >= 11 is 6.20. The maximum absolute atomic E-state index is 12.8. The lowest BCUT2D eigenvalue weighted by atomic mass is 10.0. The number of pyridine rings is 1. The van der Waals surface area contributed by atoms with E-state index in [1.165, 1.54) is 6.20 Å². The Morgan fingerprint density at radius 1 is 1.18 bits per heavy atom. The highest BCUT2D eigenvalue weighted by atomic mass is 35.5. The Bertz CT molecular complexity index is 750. The van der Waals surface area contributed by atoms with Crippen LogP contribution < -0.4 is 0 Å². The SMILES string of the molecule is O=S(=O)(c1ccccn1)N1CCCC1Cc1ccccc1Cl. The fraction of sp³-hybridized carbons (Fsp3) is 0.312. The van der Waals surface area contributed by atoms with Gasteiger partial charge in [-0.25, -0.2) is 13.4 Å². The van der Waals surface area contributed by atoms with Crippen LogP contribution in [0, 0.1) is 0 Å². The van der Waals surface area contributed by atoms with Crippen molar-refractivity contribution in [1.29, 1.82) is 0 Å². The summed E-state index contributed by atoms with van der Waals surface area (Å²) in [6, 6.07) is 12.5. The van der Waals surface area contributed by atoms with E-state index >= 15 is 0 Å². The van der Waals surface area contributed by atoms with Gasteiger partial charge in [-0.2, -0.15) is 4.31 Å². The van der Waals surface area contributed by atoms with Crippen molar-refractivity contribution in [3.63, 3.8) is 0 Å². The second-order valence-electron chi connectivity index (χ2n) is 5.38. The van der Waals surface area contributed by atoms with E-state index in [0.717, 1.165) is 18.4 Å². The predicted molar refractivity (Wildman–Crippen MR) is 86.3 cm³/mol. The molecule has 0 aliphatic carbocycles. The van der Waals surface area contributed by atoms with Gasteiger partial charge in [-0.05, 0) is 43.0 Å². The maximum atomic E-state index is 12.8. The zero-order valence-electron chi connectivity index (χ0n) is 12.0. The average molecular weight is 337 g/mol. The molecular formula is C16H17ClN2O2S. The summed E-state index contributed by atoms with van der Waals surface area (Å²) in [4.78, 5) is 4.00. The number of rotatable bonds is 4. The summed E-state index contributed by atoms with van der Waals surface area (Å²) in [6.07, 6.45) is 3.84. The number of hydrogen-bond acceptors (Lipinski definition) is 3. The van der Waals surface area contributed by atoms with E-state index in [4.69, 9.17) is 11.6 Å². The van der Waals surface area contributed by atoms with Gasteiger partial charge >= 0.3 is 0 Å². The first-order valence-corrected chi connectivity index (χ1v) is 9.07. The Morgan fingerprint density at radius 3 is 2.68 bits per heavy atom. The molecule has 1 atom stereocenters. The Kier molecular flexibility index (Phi) is 4.47. The molecule has 0 amide bonds. The monoisotopic (exact) mass is 336 g/mol. The van der Waals surface area contributed by atoms with Crippen molar-refractivity contribution < 1.29 is 8.42 Å². The van der Waals surface area contributed by atoms with E-state index < -0.39 is 10.0 Å². The number of nitrogens with zero attached hydrogens (tertiary/aromatic N) is 2. The minimum Gasteiger partial charge on any atom is -0.243 e. The highest BCUT2D eigenvalue weighted by Crippen LogP contribution is 2.29. The molecular weight excluding hydrogens is 320 g/mol. The van der Waals surface area contributed by atoms with Crippen LogP contribution in [0.4, 0.5) is 0 Å². The van der Waals surface area contributed by atoms with Crippen molar-refractivity contribution in [2.45, 2.75) is 30.3 Å². The Labute approximate surface area is 135 Å². The zero-order chi connectivity index (χ0) is 15.6. The normalized spacial score (nSPS) is 19.4. The van der Waals surface area contributed by atoms with E-state index in [2.05, 4.69) is 4.98 Å². The number of aromatic nitrogens is 1. The van der Waals surface area contributed by atoms with Crippen LogP contribution in [0.25, 0.3) is 0 Å². The van der Waals surface area contributed by atoms with Gasteiger partial charge in [-0.15, -0.1) is 0 Å². The molecule has 2 aromatic rings. The lowest BCUT2D eigenvalue weighted by Gasteiger charge is -2.24. The molecule has 1 aliphatic rings.